The van der Waals surface area contributed by atoms with E-state index in [0.717, 1.165) is 31.4 Å². The molecule has 0 heterocycles. The molecular formula is C14H18N2O. The molecule has 1 aromatic rings. The van der Waals surface area contributed by atoms with Crippen molar-refractivity contribution >= 4 is 11.6 Å². The van der Waals surface area contributed by atoms with Crippen molar-refractivity contribution < 1.29 is 4.79 Å². The lowest BCUT2D eigenvalue weighted by Gasteiger charge is -2.04. The summed E-state index contributed by atoms with van der Waals surface area (Å²) in [5, 5.41) is 11.2. The highest BCUT2D eigenvalue weighted by molar-refractivity contribution is 5.90. The number of nitriles is 1. The van der Waals surface area contributed by atoms with E-state index in [1.807, 2.05) is 30.3 Å². The summed E-state index contributed by atoms with van der Waals surface area (Å²) in [5.74, 6) is 0.0662. The van der Waals surface area contributed by atoms with Gasteiger partial charge in [-0.2, -0.15) is 5.26 Å². The average molecular weight is 230 g/mol. The van der Waals surface area contributed by atoms with Gasteiger partial charge in [0.25, 0.3) is 0 Å². The maximum Gasteiger partial charge on any atom is 0.224 e. The summed E-state index contributed by atoms with van der Waals surface area (Å²) in [6.45, 7) is 0. The minimum absolute atomic E-state index is 0.0662. The SMILES string of the molecule is N#CCCCCCCC(=O)Nc1ccccc1. The Morgan fingerprint density at radius 1 is 1.12 bits per heavy atom. The highest BCUT2D eigenvalue weighted by atomic mass is 16.1. The molecule has 0 unspecified atom stereocenters. The van der Waals surface area contributed by atoms with Crippen LogP contribution >= 0.6 is 0 Å². The lowest BCUT2D eigenvalue weighted by atomic mass is 10.1. The second kappa shape index (κ2) is 8.35. The van der Waals surface area contributed by atoms with Gasteiger partial charge in [-0.25, -0.2) is 0 Å². The zero-order valence-electron chi connectivity index (χ0n) is 9.98. The molecule has 0 aromatic heterocycles. The first-order valence-electron chi connectivity index (χ1n) is 6.05. The van der Waals surface area contributed by atoms with E-state index >= 15 is 0 Å². The number of anilines is 1. The lowest BCUT2D eigenvalue weighted by molar-refractivity contribution is -0.116. The normalized spacial score (nSPS) is 9.59. The van der Waals surface area contributed by atoms with Crippen molar-refractivity contribution in [1.29, 1.82) is 5.26 Å². The number of unbranched alkanes of at least 4 members (excludes halogenated alkanes) is 4. The molecule has 90 valence electrons. The topological polar surface area (TPSA) is 52.9 Å². The zero-order chi connectivity index (χ0) is 12.3. The highest BCUT2D eigenvalue weighted by Crippen LogP contribution is 2.08. The smallest absolute Gasteiger partial charge is 0.224 e. The number of rotatable bonds is 7. The molecule has 1 rings (SSSR count). The summed E-state index contributed by atoms with van der Waals surface area (Å²) in [7, 11) is 0. The summed E-state index contributed by atoms with van der Waals surface area (Å²) < 4.78 is 0. The molecule has 3 heteroatoms. The van der Waals surface area contributed by atoms with Crippen LogP contribution in [0.15, 0.2) is 30.3 Å². The van der Waals surface area contributed by atoms with E-state index in [4.69, 9.17) is 5.26 Å². The van der Waals surface area contributed by atoms with Gasteiger partial charge in [-0.15, -0.1) is 0 Å². The number of carbonyl (C=O) groups excluding carboxylic acids is 1. The third kappa shape index (κ3) is 6.36. The molecule has 0 atom stereocenters. The van der Waals surface area contributed by atoms with Crippen LogP contribution in [0.25, 0.3) is 0 Å². The molecular weight excluding hydrogens is 212 g/mol. The third-order valence-electron chi connectivity index (χ3n) is 2.50. The first-order valence-corrected chi connectivity index (χ1v) is 6.05. The number of benzene rings is 1. The van der Waals surface area contributed by atoms with E-state index in [2.05, 4.69) is 11.4 Å². The summed E-state index contributed by atoms with van der Waals surface area (Å²) in [6.07, 6.45) is 5.06. The fourth-order valence-corrected chi connectivity index (χ4v) is 1.59. The maximum atomic E-state index is 11.5. The summed E-state index contributed by atoms with van der Waals surface area (Å²) in [6, 6.07) is 11.6. The van der Waals surface area contributed by atoms with E-state index in [-0.39, 0.29) is 5.91 Å². The van der Waals surface area contributed by atoms with E-state index in [9.17, 15) is 4.79 Å². The van der Waals surface area contributed by atoms with Crippen LogP contribution in [0, 0.1) is 11.3 Å². The van der Waals surface area contributed by atoms with Crippen molar-refractivity contribution in [1.82, 2.24) is 0 Å². The second-order valence-corrected chi connectivity index (χ2v) is 3.99. The Hall–Kier alpha value is -1.82. The molecule has 0 fully saturated rings. The van der Waals surface area contributed by atoms with E-state index in [1.54, 1.807) is 0 Å². The Kier molecular flexibility index (Phi) is 6.50. The first kappa shape index (κ1) is 13.2. The van der Waals surface area contributed by atoms with Gasteiger partial charge in [0.2, 0.25) is 5.91 Å². The van der Waals surface area contributed by atoms with Crippen molar-refractivity contribution in [3.05, 3.63) is 30.3 Å². The quantitative estimate of drug-likeness (QED) is 0.729. The Bertz CT molecular complexity index is 368. The van der Waals surface area contributed by atoms with E-state index < -0.39 is 0 Å². The monoisotopic (exact) mass is 230 g/mol. The van der Waals surface area contributed by atoms with Gasteiger partial charge in [0.15, 0.2) is 0 Å². The van der Waals surface area contributed by atoms with Crippen molar-refractivity contribution in [2.75, 3.05) is 5.32 Å². The predicted molar refractivity (Wildman–Crippen MR) is 68.4 cm³/mol. The molecule has 1 amide bonds. The maximum absolute atomic E-state index is 11.5. The van der Waals surface area contributed by atoms with E-state index in [1.165, 1.54) is 0 Å². The third-order valence-corrected chi connectivity index (χ3v) is 2.50. The molecule has 0 spiro atoms. The summed E-state index contributed by atoms with van der Waals surface area (Å²) in [4.78, 5) is 11.5. The molecule has 1 aromatic carbocycles. The van der Waals surface area contributed by atoms with Crippen LogP contribution in [0.1, 0.15) is 38.5 Å². The van der Waals surface area contributed by atoms with Crippen LogP contribution < -0.4 is 5.32 Å². The molecule has 0 radical (unpaired) electrons. The molecule has 0 aliphatic rings. The summed E-state index contributed by atoms with van der Waals surface area (Å²) >= 11 is 0. The van der Waals surface area contributed by atoms with Crippen LogP contribution in [-0.4, -0.2) is 5.91 Å². The van der Waals surface area contributed by atoms with Gasteiger partial charge in [0.05, 0.1) is 6.07 Å². The highest BCUT2D eigenvalue weighted by Gasteiger charge is 2.01. The number of carbonyl (C=O) groups is 1. The molecule has 0 aliphatic heterocycles. The Morgan fingerprint density at radius 2 is 1.82 bits per heavy atom. The van der Waals surface area contributed by atoms with Gasteiger partial charge in [-0.1, -0.05) is 31.0 Å². The van der Waals surface area contributed by atoms with E-state index in [0.29, 0.717) is 12.8 Å². The number of hydrogen-bond acceptors (Lipinski definition) is 2. The zero-order valence-corrected chi connectivity index (χ0v) is 9.98. The Labute approximate surface area is 102 Å². The van der Waals surface area contributed by atoms with Gasteiger partial charge in [-0.3, -0.25) is 4.79 Å². The molecule has 0 saturated carbocycles. The van der Waals surface area contributed by atoms with Crippen LogP contribution in [0.4, 0.5) is 5.69 Å². The number of para-hydroxylation sites is 1. The lowest BCUT2D eigenvalue weighted by Crippen LogP contribution is -2.10. The minimum Gasteiger partial charge on any atom is -0.326 e. The number of hydrogen-bond donors (Lipinski definition) is 1. The Balaban J connectivity index is 2.08. The number of nitrogens with zero attached hydrogens (tertiary/aromatic N) is 1. The van der Waals surface area contributed by atoms with Gasteiger partial charge in [0, 0.05) is 18.5 Å². The molecule has 17 heavy (non-hydrogen) atoms. The summed E-state index contributed by atoms with van der Waals surface area (Å²) in [5.41, 5.74) is 0.849. The minimum atomic E-state index is 0.0662. The molecule has 0 saturated heterocycles. The second-order valence-electron chi connectivity index (χ2n) is 3.99. The molecule has 3 nitrogen and oxygen atoms in total. The van der Waals surface area contributed by atoms with Gasteiger partial charge in [0.1, 0.15) is 0 Å². The van der Waals surface area contributed by atoms with Gasteiger partial charge in [-0.05, 0) is 25.0 Å². The van der Waals surface area contributed by atoms with Crippen LogP contribution in [0.2, 0.25) is 0 Å². The van der Waals surface area contributed by atoms with Gasteiger partial charge >= 0.3 is 0 Å². The molecule has 0 bridgehead atoms. The van der Waals surface area contributed by atoms with Crippen LogP contribution in [0.5, 0.6) is 0 Å². The van der Waals surface area contributed by atoms with Crippen LogP contribution in [0.3, 0.4) is 0 Å². The van der Waals surface area contributed by atoms with Crippen LogP contribution in [-0.2, 0) is 4.79 Å². The Morgan fingerprint density at radius 3 is 2.53 bits per heavy atom. The van der Waals surface area contributed by atoms with Crippen molar-refractivity contribution in [2.24, 2.45) is 0 Å². The number of nitrogens with one attached hydrogen (secondary N) is 1. The van der Waals surface area contributed by atoms with Crippen molar-refractivity contribution in [2.45, 2.75) is 38.5 Å². The molecule has 1 N–H and O–H groups in total. The standard InChI is InChI=1S/C14H18N2O/c15-12-8-3-1-2-7-11-14(17)16-13-9-5-4-6-10-13/h4-6,9-10H,1-3,7-8,11H2,(H,16,17). The van der Waals surface area contributed by atoms with Crippen molar-refractivity contribution in [3.8, 4) is 6.07 Å². The first-order chi connectivity index (χ1) is 8.33. The fraction of sp³-hybridized carbons (Fsp3) is 0.429. The predicted octanol–water partition coefficient (Wildman–Crippen LogP) is 3.49. The molecule has 0 aliphatic carbocycles. The van der Waals surface area contributed by atoms with Gasteiger partial charge < -0.3 is 5.32 Å². The number of amides is 1. The average Bonchev–Trinajstić information content (AvgIpc) is 2.35. The largest absolute Gasteiger partial charge is 0.326 e. The van der Waals surface area contributed by atoms with Crippen molar-refractivity contribution in [3.63, 3.8) is 0 Å². The fourth-order valence-electron chi connectivity index (χ4n) is 1.59.